The van der Waals surface area contributed by atoms with Crippen LogP contribution in [-0.2, 0) is 14.4 Å². The molecule has 3 aromatic rings. The third kappa shape index (κ3) is 7.13. The monoisotopic (exact) mass is 530 g/mol. The summed E-state index contributed by atoms with van der Waals surface area (Å²) in [6.45, 7) is 6.01. The molecule has 1 saturated carbocycles. The van der Waals surface area contributed by atoms with E-state index in [1.54, 1.807) is 37.3 Å². The Hall–Kier alpha value is -4.40. The van der Waals surface area contributed by atoms with Crippen molar-refractivity contribution in [2.24, 2.45) is 0 Å². The van der Waals surface area contributed by atoms with Gasteiger partial charge in [-0.3, -0.25) is 19.3 Å². The molecule has 1 unspecified atom stereocenters. The summed E-state index contributed by atoms with van der Waals surface area (Å²) in [6.07, 6.45) is 6.22. The van der Waals surface area contributed by atoms with E-state index in [1.807, 2.05) is 38.1 Å². The van der Waals surface area contributed by atoms with Crippen molar-refractivity contribution in [1.29, 1.82) is 0 Å². The number of ether oxygens (including phenoxy) is 1. The van der Waals surface area contributed by atoms with Gasteiger partial charge >= 0.3 is 0 Å². The summed E-state index contributed by atoms with van der Waals surface area (Å²) in [4.78, 5) is 41.6. The number of anilines is 2. The molecule has 1 aliphatic carbocycles. The van der Waals surface area contributed by atoms with Crippen molar-refractivity contribution in [1.82, 2.24) is 10.5 Å². The molecule has 0 bridgehead atoms. The van der Waals surface area contributed by atoms with Crippen LogP contribution in [0.25, 0.3) is 0 Å². The van der Waals surface area contributed by atoms with Crippen molar-refractivity contribution in [2.75, 3.05) is 16.8 Å². The number of carbonyl (C=O) groups excluding carboxylic acids is 3. The minimum Gasteiger partial charge on any atom is -0.494 e. The van der Waals surface area contributed by atoms with Crippen molar-refractivity contribution in [2.45, 2.75) is 58.5 Å². The summed E-state index contributed by atoms with van der Waals surface area (Å²) < 4.78 is 10.5. The van der Waals surface area contributed by atoms with Gasteiger partial charge in [-0.1, -0.05) is 42.3 Å². The van der Waals surface area contributed by atoms with Gasteiger partial charge in [0, 0.05) is 29.9 Å². The lowest BCUT2D eigenvalue weighted by molar-refractivity contribution is -0.125. The van der Waals surface area contributed by atoms with E-state index < -0.39 is 17.9 Å². The van der Waals surface area contributed by atoms with E-state index in [0.717, 1.165) is 43.4 Å². The topological polar surface area (TPSA) is 114 Å². The van der Waals surface area contributed by atoms with E-state index in [1.165, 1.54) is 4.90 Å². The summed E-state index contributed by atoms with van der Waals surface area (Å²) >= 11 is 0. The van der Waals surface area contributed by atoms with Crippen LogP contribution in [0.4, 0.5) is 11.5 Å². The summed E-state index contributed by atoms with van der Waals surface area (Å²) in [5.74, 6) is 0.0865. The van der Waals surface area contributed by atoms with E-state index in [0.29, 0.717) is 29.4 Å². The second-order valence-electron chi connectivity index (χ2n) is 9.53. The van der Waals surface area contributed by atoms with Crippen LogP contribution in [0.5, 0.6) is 5.75 Å². The lowest BCUT2D eigenvalue weighted by Crippen LogP contribution is -2.46. The number of carbonyl (C=O) groups is 3. The van der Waals surface area contributed by atoms with E-state index in [4.69, 9.17) is 9.26 Å². The number of nitrogens with one attached hydrogen (secondary N) is 2. The third-order valence-corrected chi connectivity index (χ3v) is 6.61. The molecular formula is C30H34N4O5. The average molecular weight is 531 g/mol. The van der Waals surface area contributed by atoms with Crippen LogP contribution in [0.15, 0.2) is 71.3 Å². The highest BCUT2D eigenvalue weighted by Gasteiger charge is 2.34. The molecule has 0 aliphatic heterocycles. The first-order valence-corrected chi connectivity index (χ1v) is 13.2. The van der Waals surface area contributed by atoms with Crippen molar-refractivity contribution in [3.63, 3.8) is 0 Å². The van der Waals surface area contributed by atoms with Gasteiger partial charge in [-0.25, -0.2) is 0 Å². The first kappa shape index (κ1) is 27.6. The van der Waals surface area contributed by atoms with Crippen LogP contribution in [0, 0.1) is 13.8 Å². The zero-order valence-corrected chi connectivity index (χ0v) is 22.5. The van der Waals surface area contributed by atoms with Gasteiger partial charge in [-0.15, -0.1) is 0 Å². The molecule has 1 aliphatic rings. The Balaban J connectivity index is 1.70. The van der Waals surface area contributed by atoms with Crippen molar-refractivity contribution < 1.29 is 23.6 Å². The fourth-order valence-corrected chi connectivity index (χ4v) is 4.74. The smallest absolute Gasteiger partial charge is 0.252 e. The van der Waals surface area contributed by atoms with Gasteiger partial charge < -0.3 is 19.9 Å². The molecule has 204 valence electrons. The zero-order chi connectivity index (χ0) is 27.8. The van der Waals surface area contributed by atoms with Gasteiger partial charge in [0.1, 0.15) is 17.6 Å². The van der Waals surface area contributed by atoms with Gasteiger partial charge in [0.05, 0.1) is 6.61 Å². The van der Waals surface area contributed by atoms with E-state index in [9.17, 15) is 14.4 Å². The third-order valence-electron chi connectivity index (χ3n) is 6.61. The maximum absolute atomic E-state index is 13.9. The molecule has 9 nitrogen and oxygen atoms in total. The number of hydrogen-bond acceptors (Lipinski definition) is 6. The fourth-order valence-electron chi connectivity index (χ4n) is 4.74. The van der Waals surface area contributed by atoms with Crippen molar-refractivity contribution in [3.05, 3.63) is 83.6 Å². The standard InChI is InChI=1S/C30H34N4O5/c1-4-38-24-15-13-23(14-16-24)34(28(36)18-17-27(35)32-26-19-21(3)39-33-26)29(25-12-8-5-9-20(25)2)30(37)31-22-10-6-7-11-22/h5,8-9,12-19,22,29H,4,6-7,10-11H2,1-3H3,(H,31,37)(H,32,33,35). The molecule has 2 N–H and O–H groups in total. The van der Waals surface area contributed by atoms with Crippen molar-refractivity contribution >= 4 is 29.2 Å². The highest BCUT2D eigenvalue weighted by Crippen LogP contribution is 2.32. The maximum Gasteiger partial charge on any atom is 0.252 e. The number of benzene rings is 2. The number of aryl methyl sites for hydroxylation is 2. The number of aromatic nitrogens is 1. The molecule has 4 rings (SSSR count). The van der Waals surface area contributed by atoms with Gasteiger partial charge in [0.2, 0.25) is 11.8 Å². The number of rotatable bonds is 10. The highest BCUT2D eigenvalue weighted by molar-refractivity contribution is 6.10. The zero-order valence-electron chi connectivity index (χ0n) is 22.5. The van der Waals surface area contributed by atoms with Crippen molar-refractivity contribution in [3.8, 4) is 5.75 Å². The Morgan fingerprint density at radius 2 is 1.79 bits per heavy atom. The molecule has 39 heavy (non-hydrogen) atoms. The summed E-state index contributed by atoms with van der Waals surface area (Å²) in [7, 11) is 0. The first-order valence-electron chi connectivity index (χ1n) is 13.2. The van der Waals surface area contributed by atoms with Crippen LogP contribution < -0.4 is 20.3 Å². The summed E-state index contributed by atoms with van der Waals surface area (Å²) in [5.41, 5.74) is 2.07. The molecule has 0 saturated heterocycles. The predicted molar refractivity (Wildman–Crippen MR) is 148 cm³/mol. The number of nitrogens with zero attached hydrogens (tertiary/aromatic N) is 2. The fraction of sp³-hybridized carbons (Fsp3) is 0.333. The Morgan fingerprint density at radius 1 is 1.08 bits per heavy atom. The first-order chi connectivity index (χ1) is 18.9. The molecule has 1 atom stereocenters. The molecule has 1 fully saturated rings. The van der Waals surface area contributed by atoms with Crippen LogP contribution in [0.1, 0.15) is 55.5 Å². The van der Waals surface area contributed by atoms with Gasteiger partial charge in [0.25, 0.3) is 5.91 Å². The SMILES string of the molecule is CCOc1ccc(N(C(=O)C=CC(=O)Nc2cc(C)on2)C(C(=O)NC2CCCC2)c2ccccc2C)cc1. The Bertz CT molecular complexity index is 1330. The molecule has 1 aromatic heterocycles. The average Bonchev–Trinajstić information content (AvgIpc) is 3.58. The molecule has 0 radical (unpaired) electrons. The summed E-state index contributed by atoms with van der Waals surface area (Å²) in [5, 5.41) is 9.46. The number of amides is 3. The molecule has 1 heterocycles. The van der Waals surface area contributed by atoms with E-state index in [-0.39, 0.29) is 17.8 Å². The maximum atomic E-state index is 13.9. The second kappa shape index (κ2) is 12.9. The largest absolute Gasteiger partial charge is 0.494 e. The minimum atomic E-state index is -0.955. The van der Waals surface area contributed by atoms with Crippen LogP contribution in [0.2, 0.25) is 0 Å². The van der Waals surface area contributed by atoms with Crippen LogP contribution in [0.3, 0.4) is 0 Å². The molecule has 0 spiro atoms. The molecular weight excluding hydrogens is 496 g/mol. The Morgan fingerprint density at radius 3 is 2.44 bits per heavy atom. The van der Waals surface area contributed by atoms with Gasteiger partial charge in [0.15, 0.2) is 5.82 Å². The second-order valence-corrected chi connectivity index (χ2v) is 9.53. The van der Waals surface area contributed by atoms with E-state index >= 15 is 0 Å². The quantitative estimate of drug-likeness (QED) is 0.356. The van der Waals surface area contributed by atoms with Gasteiger partial charge in [-0.05, 0) is 69.0 Å². The number of hydrogen-bond donors (Lipinski definition) is 2. The lowest BCUT2D eigenvalue weighted by atomic mass is 9.97. The highest BCUT2D eigenvalue weighted by atomic mass is 16.5. The molecule has 3 amide bonds. The van der Waals surface area contributed by atoms with E-state index in [2.05, 4.69) is 15.8 Å². The van der Waals surface area contributed by atoms with Gasteiger partial charge in [-0.2, -0.15) is 0 Å². The minimum absolute atomic E-state index is 0.0635. The molecule has 2 aromatic carbocycles. The summed E-state index contributed by atoms with van der Waals surface area (Å²) in [6, 6.07) is 15.2. The van der Waals surface area contributed by atoms with Crippen LogP contribution >= 0.6 is 0 Å². The normalized spacial score (nSPS) is 14.2. The molecule has 9 heteroatoms. The van der Waals surface area contributed by atoms with Crippen LogP contribution in [-0.4, -0.2) is 35.5 Å². The Labute approximate surface area is 228 Å². The Kier molecular flexibility index (Phi) is 9.14. The lowest BCUT2D eigenvalue weighted by Gasteiger charge is -2.32. The predicted octanol–water partition coefficient (Wildman–Crippen LogP) is 5.02.